The number of carbonyl (C=O) groups excluding carboxylic acids is 1. The van der Waals surface area contributed by atoms with E-state index in [4.69, 9.17) is 23.7 Å². The number of anilines is 1. The molecule has 0 spiro atoms. The quantitative estimate of drug-likeness (QED) is 0.313. The van der Waals surface area contributed by atoms with E-state index in [2.05, 4.69) is 32.2 Å². The Morgan fingerprint density at radius 2 is 1.58 bits per heavy atom. The molecule has 3 aromatic rings. The molecule has 43 heavy (non-hydrogen) atoms. The Kier molecular flexibility index (Phi) is 8.56. The van der Waals surface area contributed by atoms with Crippen LogP contribution in [0.4, 0.5) is 5.69 Å². The highest BCUT2D eigenvalue weighted by Crippen LogP contribution is 2.49. The summed E-state index contributed by atoms with van der Waals surface area (Å²) in [4.78, 5) is 13.3. The molecule has 8 heteroatoms. The number of nitrogens with one attached hydrogen (secondary N) is 1. The van der Waals surface area contributed by atoms with Crippen LogP contribution in [0.5, 0.6) is 17.2 Å². The molecule has 2 aliphatic rings. The summed E-state index contributed by atoms with van der Waals surface area (Å²) >= 11 is 0. The van der Waals surface area contributed by atoms with E-state index in [0.717, 1.165) is 29.7 Å². The molecule has 2 aliphatic heterocycles. The second-order valence-corrected chi connectivity index (χ2v) is 12.2. The predicted octanol–water partition coefficient (Wildman–Crippen LogP) is 6.09. The number of ether oxygens (including phenoxy) is 5. The van der Waals surface area contributed by atoms with E-state index < -0.39 is 23.2 Å². The summed E-state index contributed by atoms with van der Waals surface area (Å²) in [5.41, 5.74) is 0.789. The molecule has 0 saturated carbocycles. The molecule has 2 N–H and O–H groups in total. The molecular formula is C35H41NO7. The molecule has 1 saturated heterocycles. The zero-order valence-corrected chi connectivity index (χ0v) is 25.7. The van der Waals surface area contributed by atoms with E-state index in [0.29, 0.717) is 34.9 Å². The first-order valence-electron chi connectivity index (χ1n) is 14.5. The van der Waals surface area contributed by atoms with Crippen molar-refractivity contribution in [3.05, 3.63) is 89.0 Å². The molecule has 2 heterocycles. The van der Waals surface area contributed by atoms with Gasteiger partial charge in [0, 0.05) is 12.7 Å². The second kappa shape index (κ2) is 12.0. The fraction of sp³-hybridized carbons (Fsp3) is 0.400. The van der Waals surface area contributed by atoms with Crippen LogP contribution in [-0.4, -0.2) is 50.7 Å². The molecule has 3 atom stereocenters. The van der Waals surface area contributed by atoms with Crippen LogP contribution >= 0.6 is 0 Å². The van der Waals surface area contributed by atoms with Gasteiger partial charge in [-0.05, 0) is 72.7 Å². The summed E-state index contributed by atoms with van der Waals surface area (Å²) in [5, 5.41) is 15.5. The van der Waals surface area contributed by atoms with E-state index in [-0.39, 0.29) is 12.0 Å². The third-order valence-corrected chi connectivity index (χ3v) is 8.46. The lowest BCUT2D eigenvalue weighted by molar-refractivity contribution is -0.142. The van der Waals surface area contributed by atoms with Crippen LogP contribution in [-0.2, 0) is 26.5 Å². The second-order valence-electron chi connectivity index (χ2n) is 12.2. The van der Waals surface area contributed by atoms with Crippen molar-refractivity contribution in [2.45, 2.75) is 57.5 Å². The highest BCUT2D eigenvalue weighted by atomic mass is 16.5. The summed E-state index contributed by atoms with van der Waals surface area (Å²) < 4.78 is 29.2. The van der Waals surface area contributed by atoms with Crippen LogP contribution in [0.2, 0.25) is 0 Å². The summed E-state index contributed by atoms with van der Waals surface area (Å²) in [7, 11) is 4.61. The van der Waals surface area contributed by atoms with Crippen molar-refractivity contribution in [3.63, 3.8) is 0 Å². The lowest BCUT2D eigenvalue weighted by Gasteiger charge is -2.41. The summed E-state index contributed by atoms with van der Waals surface area (Å²) in [6.07, 6.45) is 4.72. The highest BCUT2D eigenvalue weighted by molar-refractivity contribution is 6.00. The fourth-order valence-corrected chi connectivity index (χ4v) is 5.67. The Labute approximate surface area is 253 Å². The van der Waals surface area contributed by atoms with Crippen molar-refractivity contribution >= 4 is 17.7 Å². The Bertz CT molecular complexity index is 1470. The minimum atomic E-state index is -1.87. The number of amides is 1. The number of rotatable bonds is 9. The average Bonchev–Trinajstić information content (AvgIpc) is 3.01. The fourth-order valence-electron chi connectivity index (χ4n) is 5.67. The predicted molar refractivity (Wildman–Crippen MR) is 166 cm³/mol. The van der Waals surface area contributed by atoms with E-state index in [1.54, 1.807) is 44.6 Å². The Balaban J connectivity index is 1.64. The minimum Gasteiger partial charge on any atom is -0.497 e. The number of aliphatic hydroxyl groups is 1. The molecule has 3 unspecified atom stereocenters. The summed E-state index contributed by atoms with van der Waals surface area (Å²) in [6, 6.07) is 18.2. The van der Waals surface area contributed by atoms with Gasteiger partial charge in [0.25, 0.3) is 5.91 Å². The van der Waals surface area contributed by atoms with Gasteiger partial charge in [-0.3, -0.25) is 4.79 Å². The van der Waals surface area contributed by atoms with Gasteiger partial charge in [0.2, 0.25) is 0 Å². The van der Waals surface area contributed by atoms with Crippen LogP contribution in [0.15, 0.2) is 66.7 Å². The van der Waals surface area contributed by atoms with E-state index in [1.165, 1.54) is 7.11 Å². The first-order valence-corrected chi connectivity index (χ1v) is 14.5. The lowest BCUT2D eigenvalue weighted by atomic mass is 9.76. The van der Waals surface area contributed by atoms with Gasteiger partial charge in [0.15, 0.2) is 11.7 Å². The van der Waals surface area contributed by atoms with Gasteiger partial charge in [-0.1, -0.05) is 50.3 Å². The third kappa shape index (κ3) is 6.13. The maximum atomic E-state index is 13.3. The molecule has 1 fully saturated rings. The average molecular weight is 588 g/mol. The first kappa shape index (κ1) is 30.6. The standard InChI is InChI=1S/C35H41NO7/c1-33(2)19-20-34(3,43-22-33)18-17-24-9-16-28-29(30(24)42-21-23-7-12-26(39-4)13-8-23)35(38,31(41-6)32(37)36-28)25-10-14-27(40-5)15-11-25/h7-18,31,38H,19-22H2,1-6H3,(H,36,37)/b18-17+. The lowest BCUT2D eigenvalue weighted by Crippen LogP contribution is -2.53. The number of hydrogen-bond acceptors (Lipinski definition) is 7. The third-order valence-electron chi connectivity index (χ3n) is 8.46. The van der Waals surface area contributed by atoms with Crippen LogP contribution in [0, 0.1) is 5.41 Å². The van der Waals surface area contributed by atoms with E-state index in [9.17, 15) is 9.90 Å². The number of methoxy groups -OCH3 is 3. The molecule has 0 aliphatic carbocycles. The molecule has 1 amide bonds. The summed E-state index contributed by atoms with van der Waals surface area (Å²) in [6.45, 7) is 7.39. The molecule has 0 radical (unpaired) electrons. The Hall–Kier alpha value is -3.85. The number of fused-ring (bicyclic) bond motifs is 1. The Morgan fingerprint density at radius 3 is 2.16 bits per heavy atom. The molecule has 0 aromatic heterocycles. The van der Waals surface area contributed by atoms with Gasteiger partial charge in [-0.2, -0.15) is 0 Å². The van der Waals surface area contributed by atoms with Crippen molar-refractivity contribution in [1.82, 2.24) is 0 Å². The van der Waals surface area contributed by atoms with Crippen LogP contribution in [0.1, 0.15) is 55.9 Å². The highest BCUT2D eigenvalue weighted by Gasteiger charge is 2.52. The van der Waals surface area contributed by atoms with Crippen LogP contribution in [0.3, 0.4) is 0 Å². The van der Waals surface area contributed by atoms with Crippen molar-refractivity contribution in [2.75, 3.05) is 33.3 Å². The van der Waals surface area contributed by atoms with Crippen molar-refractivity contribution < 1.29 is 33.6 Å². The zero-order valence-electron chi connectivity index (χ0n) is 25.7. The maximum absolute atomic E-state index is 13.3. The SMILES string of the molecule is COc1ccc(COc2c(/C=C/C3(C)CCC(C)(C)CO3)ccc3c2C(O)(c2ccc(OC)cc2)C(OC)C(=O)N3)cc1. The molecule has 3 aromatic carbocycles. The largest absolute Gasteiger partial charge is 0.497 e. The summed E-state index contributed by atoms with van der Waals surface area (Å²) in [5.74, 6) is 1.35. The Morgan fingerprint density at radius 1 is 0.930 bits per heavy atom. The zero-order chi connectivity index (χ0) is 30.8. The molecule has 228 valence electrons. The van der Waals surface area contributed by atoms with Gasteiger partial charge in [-0.15, -0.1) is 0 Å². The first-order chi connectivity index (χ1) is 20.5. The number of benzene rings is 3. The molecular weight excluding hydrogens is 546 g/mol. The topological polar surface area (TPSA) is 95.5 Å². The van der Waals surface area contributed by atoms with Gasteiger partial charge < -0.3 is 34.1 Å². The number of hydrogen-bond donors (Lipinski definition) is 2. The van der Waals surface area contributed by atoms with Gasteiger partial charge in [0.1, 0.15) is 23.9 Å². The van der Waals surface area contributed by atoms with Crippen LogP contribution in [0.25, 0.3) is 6.08 Å². The maximum Gasteiger partial charge on any atom is 0.257 e. The normalized spacial score (nSPS) is 24.7. The van der Waals surface area contributed by atoms with Crippen molar-refractivity contribution in [3.8, 4) is 17.2 Å². The van der Waals surface area contributed by atoms with Gasteiger partial charge >= 0.3 is 0 Å². The number of carbonyl (C=O) groups is 1. The van der Waals surface area contributed by atoms with E-state index >= 15 is 0 Å². The van der Waals surface area contributed by atoms with Gasteiger partial charge in [0.05, 0.1) is 37.7 Å². The molecule has 0 bridgehead atoms. The smallest absolute Gasteiger partial charge is 0.257 e. The minimum absolute atomic E-state index is 0.133. The monoisotopic (exact) mass is 587 g/mol. The van der Waals surface area contributed by atoms with Gasteiger partial charge in [-0.25, -0.2) is 0 Å². The van der Waals surface area contributed by atoms with Crippen LogP contribution < -0.4 is 19.5 Å². The molecule has 5 rings (SSSR count). The van der Waals surface area contributed by atoms with Crippen molar-refractivity contribution in [1.29, 1.82) is 0 Å². The molecule has 8 nitrogen and oxygen atoms in total. The van der Waals surface area contributed by atoms with E-state index in [1.807, 2.05) is 36.4 Å². The van der Waals surface area contributed by atoms with Crippen molar-refractivity contribution in [2.24, 2.45) is 5.41 Å².